The van der Waals surface area contributed by atoms with E-state index >= 15 is 0 Å². The normalized spacial score (nSPS) is 12.9. The maximum atomic E-state index is 14.0. The molecule has 1 aliphatic heterocycles. The maximum absolute atomic E-state index is 14.0. The van der Waals surface area contributed by atoms with Gasteiger partial charge in [0.25, 0.3) is 5.91 Å². The lowest BCUT2D eigenvalue weighted by atomic mass is 10.1. The highest BCUT2D eigenvalue weighted by Crippen LogP contribution is 2.36. The van der Waals surface area contributed by atoms with Crippen LogP contribution in [0.3, 0.4) is 0 Å². The third-order valence-corrected chi connectivity index (χ3v) is 4.87. The molecule has 10 heteroatoms. The predicted molar refractivity (Wildman–Crippen MR) is 99.6 cm³/mol. The Hall–Kier alpha value is -2.84. The Morgan fingerprint density at radius 2 is 1.93 bits per heavy atom. The number of carbonyl (C=O) groups is 1. The summed E-state index contributed by atoms with van der Waals surface area (Å²) < 4.78 is 27.4. The number of anilines is 1. The zero-order valence-corrected chi connectivity index (χ0v) is 15.6. The van der Waals surface area contributed by atoms with Crippen molar-refractivity contribution in [3.8, 4) is 11.3 Å². The lowest BCUT2D eigenvalue weighted by Crippen LogP contribution is -2.27. The monoisotopic (exact) mass is 421 g/mol. The molecule has 0 unspecified atom stereocenters. The molecule has 0 saturated carbocycles. The summed E-state index contributed by atoms with van der Waals surface area (Å²) in [4.78, 5) is 26.0. The standard InChI is InChI=1S/C18H11Cl2F2N5O/c19-8-1-2-9(11(20)5-8)15-10-6-27(7-13(10)25-18(23)26-15)17(28)16-14(22)12(21)3-4-24-16/h1-5H,6-7H2,(H2,23,25,26). The molecule has 1 aromatic carbocycles. The number of pyridine rings is 1. The van der Waals surface area contributed by atoms with Crippen molar-refractivity contribution in [2.24, 2.45) is 0 Å². The second-order valence-electron chi connectivity index (χ2n) is 6.10. The summed E-state index contributed by atoms with van der Waals surface area (Å²) in [5, 5.41) is 0.812. The van der Waals surface area contributed by atoms with E-state index in [9.17, 15) is 13.6 Å². The Morgan fingerprint density at radius 1 is 1.14 bits per heavy atom. The van der Waals surface area contributed by atoms with Gasteiger partial charge in [0.1, 0.15) is 0 Å². The first-order chi connectivity index (χ1) is 13.3. The van der Waals surface area contributed by atoms with E-state index < -0.39 is 23.2 Å². The van der Waals surface area contributed by atoms with E-state index in [4.69, 9.17) is 28.9 Å². The SMILES string of the molecule is Nc1nc2c(c(-c3ccc(Cl)cc3Cl)n1)CN(C(=O)c1nccc(F)c1F)C2. The molecule has 0 fully saturated rings. The summed E-state index contributed by atoms with van der Waals surface area (Å²) >= 11 is 12.2. The molecule has 28 heavy (non-hydrogen) atoms. The third kappa shape index (κ3) is 3.14. The first-order valence-corrected chi connectivity index (χ1v) is 8.80. The van der Waals surface area contributed by atoms with E-state index in [1.54, 1.807) is 18.2 Å². The fraction of sp³-hybridized carbons (Fsp3) is 0.111. The van der Waals surface area contributed by atoms with E-state index in [1.807, 2.05) is 0 Å². The van der Waals surface area contributed by atoms with Crippen molar-refractivity contribution < 1.29 is 13.6 Å². The van der Waals surface area contributed by atoms with Gasteiger partial charge in [0, 0.05) is 22.3 Å². The van der Waals surface area contributed by atoms with Crippen molar-refractivity contribution in [2.75, 3.05) is 5.73 Å². The van der Waals surface area contributed by atoms with Crippen LogP contribution in [0.15, 0.2) is 30.5 Å². The average Bonchev–Trinajstić information content (AvgIpc) is 3.07. The number of aromatic nitrogens is 3. The minimum Gasteiger partial charge on any atom is -0.368 e. The van der Waals surface area contributed by atoms with Gasteiger partial charge in [-0.05, 0) is 24.3 Å². The Morgan fingerprint density at radius 3 is 2.68 bits per heavy atom. The highest BCUT2D eigenvalue weighted by Gasteiger charge is 2.32. The van der Waals surface area contributed by atoms with Crippen LogP contribution in [0.1, 0.15) is 21.7 Å². The highest BCUT2D eigenvalue weighted by atomic mass is 35.5. The molecular formula is C18H11Cl2F2N5O. The van der Waals surface area contributed by atoms with Crippen molar-refractivity contribution in [2.45, 2.75) is 13.1 Å². The van der Waals surface area contributed by atoms with E-state index in [-0.39, 0.29) is 19.0 Å². The summed E-state index contributed by atoms with van der Waals surface area (Å²) in [6.45, 7) is 0.122. The molecule has 0 spiro atoms. The van der Waals surface area contributed by atoms with Crippen LogP contribution in [0, 0.1) is 11.6 Å². The summed E-state index contributed by atoms with van der Waals surface area (Å²) in [6.07, 6.45) is 1.03. The average molecular weight is 422 g/mol. The van der Waals surface area contributed by atoms with Gasteiger partial charge in [-0.15, -0.1) is 0 Å². The van der Waals surface area contributed by atoms with Gasteiger partial charge in [0.2, 0.25) is 5.95 Å². The fourth-order valence-electron chi connectivity index (χ4n) is 3.04. The van der Waals surface area contributed by atoms with Crippen molar-refractivity contribution in [3.05, 3.63) is 69.1 Å². The zero-order chi connectivity index (χ0) is 20.0. The molecule has 6 nitrogen and oxygen atoms in total. The topological polar surface area (TPSA) is 85.0 Å². The van der Waals surface area contributed by atoms with Crippen molar-refractivity contribution in [3.63, 3.8) is 0 Å². The highest BCUT2D eigenvalue weighted by molar-refractivity contribution is 6.36. The number of nitrogens with zero attached hydrogens (tertiary/aromatic N) is 4. The first-order valence-electron chi connectivity index (χ1n) is 8.05. The van der Waals surface area contributed by atoms with Crippen LogP contribution in [-0.2, 0) is 13.1 Å². The molecule has 3 aromatic rings. The van der Waals surface area contributed by atoms with E-state index in [1.165, 1.54) is 4.90 Å². The van der Waals surface area contributed by atoms with Gasteiger partial charge >= 0.3 is 0 Å². The fourth-order valence-corrected chi connectivity index (χ4v) is 3.54. The zero-order valence-electron chi connectivity index (χ0n) is 14.1. The van der Waals surface area contributed by atoms with E-state index in [0.717, 1.165) is 12.3 Å². The number of halogens is 4. The molecule has 1 amide bonds. The van der Waals surface area contributed by atoms with Crippen LogP contribution in [0.25, 0.3) is 11.3 Å². The van der Waals surface area contributed by atoms with Gasteiger partial charge in [-0.1, -0.05) is 23.2 Å². The molecule has 3 heterocycles. The Balaban J connectivity index is 1.74. The Bertz CT molecular complexity index is 1130. The lowest BCUT2D eigenvalue weighted by Gasteiger charge is -2.15. The molecule has 2 aromatic heterocycles. The summed E-state index contributed by atoms with van der Waals surface area (Å²) in [7, 11) is 0. The van der Waals surface area contributed by atoms with E-state index in [2.05, 4.69) is 15.0 Å². The number of benzene rings is 1. The second-order valence-corrected chi connectivity index (χ2v) is 6.94. The van der Waals surface area contributed by atoms with Gasteiger partial charge in [0.15, 0.2) is 17.3 Å². The number of rotatable bonds is 2. The Labute approximate surface area is 167 Å². The number of hydrogen-bond donors (Lipinski definition) is 1. The molecular weight excluding hydrogens is 411 g/mol. The number of hydrogen-bond acceptors (Lipinski definition) is 5. The minimum atomic E-state index is -1.30. The summed E-state index contributed by atoms with van der Waals surface area (Å²) in [5.74, 6) is -3.20. The van der Waals surface area contributed by atoms with Crippen LogP contribution >= 0.6 is 23.2 Å². The largest absolute Gasteiger partial charge is 0.368 e. The first kappa shape index (κ1) is 18.5. The summed E-state index contributed by atoms with van der Waals surface area (Å²) in [5.41, 5.74) is 7.35. The van der Waals surface area contributed by atoms with E-state index in [0.29, 0.717) is 32.6 Å². The third-order valence-electron chi connectivity index (χ3n) is 4.32. The molecule has 0 radical (unpaired) electrons. The smallest absolute Gasteiger partial charge is 0.276 e. The van der Waals surface area contributed by atoms with Crippen LogP contribution in [-0.4, -0.2) is 25.8 Å². The van der Waals surface area contributed by atoms with Gasteiger partial charge in [-0.3, -0.25) is 4.79 Å². The predicted octanol–water partition coefficient (Wildman–Crippen LogP) is 3.86. The molecule has 4 rings (SSSR count). The van der Waals surface area contributed by atoms with Crippen LogP contribution in [0.5, 0.6) is 0 Å². The molecule has 142 valence electrons. The van der Waals surface area contributed by atoms with Crippen molar-refractivity contribution >= 4 is 35.1 Å². The maximum Gasteiger partial charge on any atom is 0.276 e. The molecule has 1 aliphatic rings. The number of nitrogen functional groups attached to an aromatic ring is 1. The summed E-state index contributed by atoms with van der Waals surface area (Å²) in [6, 6.07) is 5.74. The van der Waals surface area contributed by atoms with Gasteiger partial charge in [-0.25, -0.2) is 23.7 Å². The Kier molecular flexibility index (Phi) is 4.60. The quantitative estimate of drug-likeness (QED) is 0.678. The number of nitrogens with two attached hydrogens (primary N) is 1. The lowest BCUT2D eigenvalue weighted by molar-refractivity contribution is 0.0738. The van der Waals surface area contributed by atoms with Crippen LogP contribution in [0.2, 0.25) is 10.0 Å². The van der Waals surface area contributed by atoms with Gasteiger partial charge in [-0.2, -0.15) is 0 Å². The molecule has 2 N–H and O–H groups in total. The van der Waals surface area contributed by atoms with Crippen LogP contribution in [0.4, 0.5) is 14.7 Å². The van der Waals surface area contributed by atoms with Crippen molar-refractivity contribution in [1.29, 1.82) is 0 Å². The van der Waals surface area contributed by atoms with Gasteiger partial charge < -0.3 is 10.6 Å². The number of carbonyl (C=O) groups excluding carboxylic acids is 1. The molecule has 0 aliphatic carbocycles. The van der Waals surface area contributed by atoms with Crippen molar-refractivity contribution in [1.82, 2.24) is 19.9 Å². The molecule has 0 bridgehead atoms. The molecule has 0 atom stereocenters. The number of amides is 1. The second kappa shape index (κ2) is 6.96. The minimum absolute atomic E-state index is 0.00382. The number of fused-ring (bicyclic) bond motifs is 1. The molecule has 0 saturated heterocycles. The van der Waals surface area contributed by atoms with Gasteiger partial charge in [0.05, 0.1) is 29.5 Å². The van der Waals surface area contributed by atoms with Crippen LogP contribution < -0.4 is 5.73 Å².